The quantitative estimate of drug-likeness (QED) is 0.675. The number of nitrogens with zero attached hydrogens (tertiary/aromatic N) is 4. The van der Waals surface area contributed by atoms with Crippen LogP contribution in [0.4, 0.5) is 8.78 Å². The molecular formula is C12H12F2N4O2S. The molecule has 0 bridgehead atoms. The van der Waals surface area contributed by atoms with Crippen molar-refractivity contribution in [3.63, 3.8) is 0 Å². The molecule has 0 spiro atoms. The molecule has 0 aliphatic carbocycles. The summed E-state index contributed by atoms with van der Waals surface area (Å²) in [5, 5.41) is 9.45. The third-order valence-corrected chi connectivity index (χ3v) is 3.65. The lowest BCUT2D eigenvalue weighted by Gasteiger charge is -2.09. The van der Waals surface area contributed by atoms with Gasteiger partial charge in [-0.1, -0.05) is 11.8 Å². The van der Waals surface area contributed by atoms with Crippen LogP contribution in [-0.2, 0) is 5.75 Å². The molecule has 0 aliphatic rings. The van der Waals surface area contributed by atoms with Crippen LogP contribution in [0.2, 0.25) is 0 Å². The van der Waals surface area contributed by atoms with Crippen LogP contribution >= 0.6 is 11.8 Å². The Morgan fingerprint density at radius 2 is 2.14 bits per heavy atom. The van der Waals surface area contributed by atoms with Gasteiger partial charge in [-0.15, -0.1) is 0 Å². The van der Waals surface area contributed by atoms with E-state index in [2.05, 4.69) is 15.0 Å². The van der Waals surface area contributed by atoms with E-state index in [0.29, 0.717) is 11.5 Å². The smallest absolute Gasteiger partial charge is 0.340 e. The second kappa shape index (κ2) is 6.17. The van der Waals surface area contributed by atoms with Crippen LogP contribution < -0.4 is 0 Å². The van der Waals surface area contributed by atoms with Gasteiger partial charge >= 0.3 is 12.5 Å². The fourth-order valence-electron chi connectivity index (χ4n) is 1.80. The molecule has 6 nitrogen and oxygen atoms in total. The average Bonchev–Trinajstić information content (AvgIpc) is 2.83. The lowest BCUT2D eigenvalue weighted by atomic mass is 10.2. The minimum absolute atomic E-state index is 0.0132. The van der Waals surface area contributed by atoms with Crippen LogP contribution in [0, 0.1) is 13.8 Å². The molecule has 2 rings (SSSR count). The number of alkyl halides is 2. The van der Waals surface area contributed by atoms with E-state index in [4.69, 9.17) is 0 Å². The number of carboxylic acids is 1. The monoisotopic (exact) mass is 314 g/mol. The molecule has 0 aliphatic heterocycles. The Morgan fingerprint density at radius 1 is 1.43 bits per heavy atom. The number of halogens is 2. The Morgan fingerprint density at radius 3 is 2.76 bits per heavy atom. The summed E-state index contributed by atoms with van der Waals surface area (Å²) in [6, 6.07) is 0. The molecular weight excluding hydrogens is 302 g/mol. The van der Waals surface area contributed by atoms with E-state index in [1.165, 1.54) is 12.4 Å². The van der Waals surface area contributed by atoms with Gasteiger partial charge in [0.15, 0.2) is 0 Å². The summed E-state index contributed by atoms with van der Waals surface area (Å²) in [4.78, 5) is 23.2. The van der Waals surface area contributed by atoms with E-state index in [1.807, 2.05) is 0 Å². The minimum Gasteiger partial charge on any atom is -0.478 e. The predicted molar refractivity (Wildman–Crippen MR) is 71.5 cm³/mol. The number of rotatable bonds is 5. The number of aromatic carboxylic acids is 1. The van der Waals surface area contributed by atoms with E-state index < -0.39 is 12.5 Å². The zero-order valence-electron chi connectivity index (χ0n) is 11.2. The van der Waals surface area contributed by atoms with Gasteiger partial charge in [0.1, 0.15) is 22.2 Å². The second-order valence-electron chi connectivity index (χ2n) is 4.16. The number of aryl methyl sites for hydroxylation is 2. The Labute approximate surface area is 123 Å². The first-order valence-electron chi connectivity index (χ1n) is 5.91. The predicted octanol–water partition coefficient (Wildman–Crippen LogP) is 2.68. The highest BCUT2D eigenvalue weighted by Gasteiger charge is 2.19. The molecule has 0 fully saturated rings. The van der Waals surface area contributed by atoms with Crippen molar-refractivity contribution in [3.8, 4) is 0 Å². The van der Waals surface area contributed by atoms with Gasteiger partial charge in [0.05, 0.1) is 11.4 Å². The number of thioether (sulfide) groups is 1. The SMILES string of the molecule is Cc1nc(C)c(C(=O)O)c(SCc2nccn2C(F)F)n1. The van der Waals surface area contributed by atoms with Crippen LogP contribution in [0.25, 0.3) is 0 Å². The van der Waals surface area contributed by atoms with Gasteiger partial charge in [-0.2, -0.15) is 8.78 Å². The Kier molecular flexibility index (Phi) is 4.51. The normalized spacial score (nSPS) is 11.1. The van der Waals surface area contributed by atoms with E-state index in [1.54, 1.807) is 13.8 Å². The molecule has 1 N–H and O–H groups in total. The maximum absolute atomic E-state index is 12.7. The Hall–Kier alpha value is -2.03. The van der Waals surface area contributed by atoms with Crippen molar-refractivity contribution in [1.82, 2.24) is 19.5 Å². The van der Waals surface area contributed by atoms with Gasteiger partial charge in [-0.3, -0.25) is 4.57 Å². The van der Waals surface area contributed by atoms with Gasteiger partial charge in [0.25, 0.3) is 0 Å². The highest BCUT2D eigenvalue weighted by atomic mass is 32.2. The van der Waals surface area contributed by atoms with E-state index in [-0.39, 0.29) is 22.2 Å². The maximum atomic E-state index is 12.7. The topological polar surface area (TPSA) is 80.9 Å². The van der Waals surface area contributed by atoms with Crippen molar-refractivity contribution in [2.75, 3.05) is 0 Å². The molecule has 2 aromatic rings. The van der Waals surface area contributed by atoms with Crippen LogP contribution in [0.15, 0.2) is 17.4 Å². The van der Waals surface area contributed by atoms with Gasteiger partial charge < -0.3 is 5.11 Å². The molecule has 0 atom stereocenters. The molecule has 21 heavy (non-hydrogen) atoms. The zero-order valence-corrected chi connectivity index (χ0v) is 12.1. The van der Waals surface area contributed by atoms with Crippen molar-refractivity contribution < 1.29 is 18.7 Å². The standard InChI is InChI=1S/C12H12F2N4O2S/c1-6-9(11(19)20)10(17-7(2)16-6)21-5-8-15-3-4-18(8)12(13)14/h3-4,12H,5H2,1-2H3,(H,19,20). The number of aromatic nitrogens is 4. The van der Waals surface area contributed by atoms with Gasteiger partial charge in [-0.05, 0) is 13.8 Å². The van der Waals surface area contributed by atoms with E-state index in [0.717, 1.165) is 16.3 Å². The highest BCUT2D eigenvalue weighted by molar-refractivity contribution is 7.98. The van der Waals surface area contributed by atoms with Crippen molar-refractivity contribution >= 4 is 17.7 Å². The second-order valence-corrected chi connectivity index (χ2v) is 5.12. The maximum Gasteiger partial charge on any atom is 0.340 e. The molecule has 0 radical (unpaired) electrons. The highest BCUT2D eigenvalue weighted by Crippen LogP contribution is 2.27. The molecule has 0 aromatic carbocycles. The molecule has 2 heterocycles. The average molecular weight is 314 g/mol. The van der Waals surface area contributed by atoms with Crippen molar-refractivity contribution in [3.05, 3.63) is 35.3 Å². The number of carbonyl (C=O) groups is 1. The fourth-order valence-corrected chi connectivity index (χ4v) is 2.86. The van der Waals surface area contributed by atoms with E-state index >= 15 is 0 Å². The summed E-state index contributed by atoms with van der Waals surface area (Å²) in [6.07, 6.45) is 2.45. The first-order chi connectivity index (χ1) is 9.90. The van der Waals surface area contributed by atoms with Crippen molar-refractivity contribution in [1.29, 1.82) is 0 Å². The molecule has 0 unspecified atom stereocenters. The van der Waals surface area contributed by atoms with Crippen molar-refractivity contribution in [2.45, 2.75) is 31.2 Å². The number of imidazole rings is 1. The summed E-state index contributed by atoms with van der Waals surface area (Å²) in [5.41, 5.74) is 0.329. The molecule has 2 aromatic heterocycles. The Balaban J connectivity index is 2.28. The molecule has 0 saturated carbocycles. The number of hydrogen-bond donors (Lipinski definition) is 1. The van der Waals surface area contributed by atoms with Gasteiger partial charge in [-0.25, -0.2) is 19.7 Å². The van der Waals surface area contributed by atoms with Gasteiger partial charge in [0.2, 0.25) is 0 Å². The lowest BCUT2D eigenvalue weighted by molar-refractivity contribution is 0.0673. The van der Waals surface area contributed by atoms with Crippen molar-refractivity contribution in [2.24, 2.45) is 0 Å². The minimum atomic E-state index is -2.68. The Bertz CT molecular complexity index is 675. The molecule has 0 amide bonds. The summed E-state index contributed by atoms with van der Waals surface area (Å²) in [6.45, 7) is 0.529. The summed E-state index contributed by atoms with van der Waals surface area (Å²) < 4.78 is 26.2. The molecule has 9 heteroatoms. The summed E-state index contributed by atoms with van der Waals surface area (Å²) >= 11 is 1.04. The number of hydrogen-bond acceptors (Lipinski definition) is 5. The first-order valence-corrected chi connectivity index (χ1v) is 6.90. The fraction of sp³-hybridized carbons (Fsp3) is 0.333. The van der Waals surface area contributed by atoms with Gasteiger partial charge in [0, 0.05) is 12.4 Å². The lowest BCUT2D eigenvalue weighted by Crippen LogP contribution is -2.09. The largest absolute Gasteiger partial charge is 0.478 e. The van der Waals surface area contributed by atoms with Crippen LogP contribution in [-0.4, -0.2) is 30.6 Å². The van der Waals surface area contributed by atoms with Crippen LogP contribution in [0.1, 0.15) is 34.3 Å². The van der Waals surface area contributed by atoms with Crippen LogP contribution in [0.3, 0.4) is 0 Å². The third kappa shape index (κ3) is 3.35. The van der Waals surface area contributed by atoms with Crippen LogP contribution in [0.5, 0.6) is 0 Å². The third-order valence-electron chi connectivity index (χ3n) is 2.68. The van der Waals surface area contributed by atoms with E-state index in [9.17, 15) is 18.7 Å². The molecule has 0 saturated heterocycles. The zero-order chi connectivity index (χ0) is 15.6. The summed E-state index contributed by atoms with van der Waals surface area (Å²) in [7, 11) is 0. The molecule has 112 valence electrons. The first kappa shape index (κ1) is 15.4. The summed E-state index contributed by atoms with van der Waals surface area (Å²) in [5.74, 6) is -0.474. The number of carboxylic acid groups (broad SMARTS) is 1.